The molecule has 2 aliphatic carbocycles. The lowest BCUT2D eigenvalue weighted by molar-refractivity contribution is -0.503. The van der Waals surface area contributed by atoms with Crippen molar-refractivity contribution in [3.63, 3.8) is 0 Å². The van der Waals surface area contributed by atoms with E-state index in [4.69, 9.17) is 34.8 Å². The van der Waals surface area contributed by atoms with Gasteiger partial charge in [0.05, 0.1) is 24.0 Å². The van der Waals surface area contributed by atoms with E-state index in [-0.39, 0.29) is 58.2 Å². The molecule has 0 spiro atoms. The van der Waals surface area contributed by atoms with Crippen molar-refractivity contribution in [2.45, 2.75) is 74.1 Å². The van der Waals surface area contributed by atoms with Gasteiger partial charge >= 0.3 is 5.90 Å². The number of hydrogen-bond donors (Lipinski definition) is 2. The fourth-order valence-electron chi connectivity index (χ4n) is 6.42. The lowest BCUT2D eigenvalue weighted by Gasteiger charge is -2.52. The third-order valence-electron chi connectivity index (χ3n) is 8.68. The summed E-state index contributed by atoms with van der Waals surface area (Å²) in [6.07, 6.45) is 4.31. The van der Waals surface area contributed by atoms with Crippen LogP contribution >= 0.6 is 34.8 Å². The molecule has 9 nitrogen and oxygen atoms in total. The highest BCUT2D eigenvalue weighted by Gasteiger charge is 2.57. The van der Waals surface area contributed by atoms with Gasteiger partial charge in [0.1, 0.15) is 17.1 Å². The first kappa shape index (κ1) is 29.7. The second-order valence-electron chi connectivity index (χ2n) is 11.5. The molecule has 2 saturated heterocycles. The van der Waals surface area contributed by atoms with E-state index in [1.54, 1.807) is 23.1 Å². The standard InChI is InChI=1S/C29H31Cl3N4O5S/c30-19-7-3-4-17(12-19)13-24-29(39)34(21-9-10-21)16-26-35(42(40,41)25-11-8-20(31)14-22(25)32)15-23(28(38)36(24)26)33-27(37)18-5-1-2-6-18/h3-4,7-8,11-12,14,18,21,23-24,26H,1-2,5-6,9-10,13,15-16H2,(H,33,37)/p+1. The van der Waals surface area contributed by atoms with Crippen LogP contribution in [0.1, 0.15) is 44.1 Å². The Labute approximate surface area is 260 Å². The Morgan fingerprint density at radius 3 is 2.31 bits per heavy atom. The molecule has 4 aliphatic rings. The summed E-state index contributed by atoms with van der Waals surface area (Å²) in [6, 6.07) is 9.16. The maximum atomic E-state index is 14.3. The zero-order valence-electron chi connectivity index (χ0n) is 22.8. The molecule has 42 heavy (non-hydrogen) atoms. The van der Waals surface area contributed by atoms with Gasteiger partial charge in [-0.25, -0.2) is 13.4 Å². The van der Waals surface area contributed by atoms with E-state index in [2.05, 4.69) is 4.99 Å². The first-order valence-electron chi connectivity index (χ1n) is 14.2. The maximum absolute atomic E-state index is 14.3. The van der Waals surface area contributed by atoms with Gasteiger partial charge < -0.3 is 14.9 Å². The molecule has 3 unspecified atom stereocenters. The third-order valence-corrected chi connectivity index (χ3v) is 11.5. The van der Waals surface area contributed by atoms with E-state index in [1.165, 1.54) is 27.4 Å². The quantitative estimate of drug-likeness (QED) is 0.352. The van der Waals surface area contributed by atoms with Crippen LogP contribution in [0.2, 0.25) is 15.1 Å². The van der Waals surface area contributed by atoms with Gasteiger partial charge in [0.2, 0.25) is 22.0 Å². The zero-order chi connectivity index (χ0) is 29.8. The van der Waals surface area contributed by atoms with Crippen LogP contribution in [0.25, 0.3) is 0 Å². The Kier molecular flexibility index (Phi) is 8.21. The summed E-state index contributed by atoms with van der Waals surface area (Å²) in [7, 11) is -4.28. The molecule has 13 heteroatoms. The van der Waals surface area contributed by atoms with Crippen molar-refractivity contribution in [2.24, 2.45) is 5.92 Å². The second-order valence-corrected chi connectivity index (χ2v) is 14.6. The Morgan fingerprint density at radius 2 is 1.64 bits per heavy atom. The highest BCUT2D eigenvalue weighted by atomic mass is 35.5. The van der Waals surface area contributed by atoms with Crippen molar-refractivity contribution in [3.05, 3.63) is 63.1 Å². The van der Waals surface area contributed by atoms with Crippen LogP contribution in [-0.4, -0.2) is 82.7 Å². The normalized spacial score (nSPS) is 26.2. The topological polar surface area (TPSA) is 112 Å². The van der Waals surface area contributed by atoms with Gasteiger partial charge in [-0.3, -0.25) is 9.59 Å². The zero-order valence-corrected chi connectivity index (χ0v) is 25.8. The summed E-state index contributed by atoms with van der Waals surface area (Å²) in [4.78, 5) is 34.1. The Morgan fingerprint density at radius 1 is 0.929 bits per heavy atom. The lowest BCUT2D eigenvalue weighted by atomic mass is 9.97. The smallest absolute Gasteiger partial charge is 0.336 e. The van der Waals surface area contributed by atoms with Gasteiger partial charge in [-0.05, 0) is 61.6 Å². The number of hydrogen-bond acceptors (Lipinski definition) is 4. The molecule has 0 bridgehead atoms. The van der Waals surface area contributed by atoms with E-state index in [9.17, 15) is 23.1 Å². The molecule has 0 aromatic heterocycles. The number of fused-ring (bicyclic) bond motifs is 1. The van der Waals surface area contributed by atoms with E-state index in [1.807, 2.05) is 6.07 Å². The number of carbonyl (C=O) groups excluding carboxylic acids is 2. The fraction of sp³-hybridized carbons (Fsp3) is 0.483. The van der Waals surface area contributed by atoms with Gasteiger partial charge in [0.25, 0.3) is 5.91 Å². The van der Waals surface area contributed by atoms with Crippen molar-refractivity contribution < 1.29 is 28.1 Å². The molecule has 6 rings (SSSR count). The maximum Gasteiger partial charge on any atom is 0.336 e. The number of aliphatic hydroxyl groups excluding tert-OH is 1. The predicted octanol–water partition coefficient (Wildman–Crippen LogP) is 3.02. The number of halogens is 3. The van der Waals surface area contributed by atoms with Crippen LogP contribution in [-0.2, 0) is 26.0 Å². The molecular formula is C29H32Cl3N4O5S+. The molecule has 2 aromatic carbocycles. The van der Waals surface area contributed by atoms with Gasteiger partial charge in [-0.15, -0.1) is 0 Å². The lowest BCUT2D eigenvalue weighted by Crippen LogP contribution is -2.90. The average Bonchev–Trinajstić information content (AvgIpc) is 3.63. The van der Waals surface area contributed by atoms with Crippen LogP contribution in [0.3, 0.4) is 0 Å². The monoisotopic (exact) mass is 653 g/mol. The number of carbonyl (C=O) groups is 2. The minimum Gasteiger partial charge on any atom is -0.463 e. The molecule has 4 fully saturated rings. The van der Waals surface area contributed by atoms with Gasteiger partial charge in [0, 0.05) is 22.5 Å². The van der Waals surface area contributed by atoms with E-state index in [0.717, 1.165) is 44.1 Å². The second kappa shape index (κ2) is 11.6. The number of amides is 2. The highest BCUT2D eigenvalue weighted by Crippen LogP contribution is 2.38. The Hall–Kier alpha value is -2.37. The highest BCUT2D eigenvalue weighted by molar-refractivity contribution is 7.89. The summed E-state index contributed by atoms with van der Waals surface area (Å²) in [6.45, 7) is -0.203. The number of nitrogens with zero attached hydrogens (tertiary/aromatic N) is 3. The number of benzene rings is 2. The van der Waals surface area contributed by atoms with Gasteiger partial charge in [-0.2, -0.15) is 4.31 Å². The van der Waals surface area contributed by atoms with Crippen molar-refractivity contribution in [2.75, 3.05) is 13.1 Å². The van der Waals surface area contributed by atoms with Crippen molar-refractivity contribution in [1.29, 1.82) is 0 Å². The summed E-state index contributed by atoms with van der Waals surface area (Å²) in [5.74, 6) is -0.815. The number of piperazine rings is 1. The van der Waals surface area contributed by atoms with Crippen LogP contribution in [0.15, 0.2) is 47.4 Å². The summed E-state index contributed by atoms with van der Waals surface area (Å²) < 4.78 is 29.8. The molecule has 2 aliphatic heterocycles. The SMILES string of the molecule is O=C1C(Cc2cccc(Cl)c2)N2C(=O)C([NH+]=C(O)C3CCCC3)CN(S(=O)(=O)c3ccc(Cl)cc3Cl)C2CN1C1CC1. The molecule has 2 N–H and O–H groups in total. The van der Waals surface area contributed by atoms with Gasteiger partial charge in [0.15, 0.2) is 0 Å². The van der Waals surface area contributed by atoms with E-state index in [0.29, 0.717) is 5.02 Å². The number of nitrogens with one attached hydrogen (secondary N) is 1. The molecule has 224 valence electrons. The molecule has 2 heterocycles. The summed E-state index contributed by atoms with van der Waals surface area (Å²) in [5, 5.41) is 11.7. The van der Waals surface area contributed by atoms with Crippen LogP contribution in [0.4, 0.5) is 0 Å². The largest absolute Gasteiger partial charge is 0.463 e. The van der Waals surface area contributed by atoms with Crippen molar-refractivity contribution in [1.82, 2.24) is 14.1 Å². The molecule has 2 saturated carbocycles. The van der Waals surface area contributed by atoms with Crippen LogP contribution in [0.5, 0.6) is 0 Å². The average molecular weight is 655 g/mol. The third kappa shape index (κ3) is 5.64. The molecule has 2 amide bonds. The van der Waals surface area contributed by atoms with E-state index < -0.39 is 34.2 Å². The van der Waals surface area contributed by atoms with Crippen molar-refractivity contribution in [3.8, 4) is 0 Å². The van der Waals surface area contributed by atoms with Crippen molar-refractivity contribution >= 4 is 62.5 Å². The first-order chi connectivity index (χ1) is 20.0. The summed E-state index contributed by atoms with van der Waals surface area (Å²) >= 11 is 18.7. The molecule has 0 radical (unpaired) electrons. The van der Waals surface area contributed by atoms with Crippen LogP contribution in [0, 0.1) is 5.92 Å². The molecule has 2 aromatic rings. The summed E-state index contributed by atoms with van der Waals surface area (Å²) in [5.41, 5.74) is 0.746. The van der Waals surface area contributed by atoms with Crippen LogP contribution < -0.4 is 4.99 Å². The minimum atomic E-state index is -4.28. The number of rotatable bonds is 7. The van der Waals surface area contributed by atoms with E-state index >= 15 is 0 Å². The number of sulfonamides is 1. The van der Waals surface area contributed by atoms with Gasteiger partial charge in [-0.1, -0.05) is 59.8 Å². The molecular weight excluding hydrogens is 623 g/mol. The minimum absolute atomic E-state index is 0.00381. The Balaban J connectivity index is 1.45. The Bertz CT molecular complexity index is 1540. The first-order valence-corrected chi connectivity index (χ1v) is 16.8. The number of aliphatic hydroxyl groups is 1. The molecule has 3 atom stereocenters. The predicted molar refractivity (Wildman–Crippen MR) is 159 cm³/mol. The fourth-order valence-corrected chi connectivity index (χ4v) is 8.97.